The van der Waals surface area contributed by atoms with Crippen LogP contribution in [0.25, 0.3) is 10.8 Å². The quantitative estimate of drug-likeness (QED) is 0.740. The third-order valence-corrected chi connectivity index (χ3v) is 3.16. The Labute approximate surface area is 88.3 Å². The zero-order chi connectivity index (χ0) is 10.4. The van der Waals surface area contributed by atoms with Gasteiger partial charge in [0, 0.05) is 17.5 Å². The van der Waals surface area contributed by atoms with Crippen LogP contribution in [-0.2, 0) is 0 Å². The van der Waals surface area contributed by atoms with Crippen LogP contribution in [0.2, 0.25) is 0 Å². The Balaban J connectivity index is 2.29. The Morgan fingerprint density at radius 3 is 2.60 bits per heavy atom. The lowest BCUT2D eigenvalue weighted by molar-refractivity contribution is 0.469. The van der Waals surface area contributed by atoms with Gasteiger partial charge in [-0.05, 0) is 23.3 Å². The molecule has 0 aromatic heterocycles. The summed E-state index contributed by atoms with van der Waals surface area (Å²) in [6.45, 7) is 0. The SMILES string of the molecule is NC1CC1c1c(O)ccc2ccccc12. The lowest BCUT2D eigenvalue weighted by atomic mass is 10.00. The summed E-state index contributed by atoms with van der Waals surface area (Å²) < 4.78 is 0. The minimum Gasteiger partial charge on any atom is -0.508 e. The van der Waals surface area contributed by atoms with Crippen LogP contribution in [0.5, 0.6) is 5.75 Å². The summed E-state index contributed by atoms with van der Waals surface area (Å²) in [5, 5.41) is 12.2. The Kier molecular flexibility index (Phi) is 1.73. The highest BCUT2D eigenvalue weighted by molar-refractivity contribution is 5.88. The molecule has 0 amide bonds. The number of hydrogen-bond acceptors (Lipinski definition) is 2. The molecule has 2 nitrogen and oxygen atoms in total. The van der Waals surface area contributed by atoms with Crippen molar-refractivity contribution in [3.8, 4) is 5.75 Å². The van der Waals surface area contributed by atoms with Crippen molar-refractivity contribution >= 4 is 10.8 Å². The molecule has 1 fully saturated rings. The topological polar surface area (TPSA) is 46.2 Å². The number of aromatic hydroxyl groups is 1. The molecule has 2 atom stereocenters. The molecule has 3 N–H and O–H groups in total. The average Bonchev–Trinajstić information content (AvgIpc) is 2.95. The van der Waals surface area contributed by atoms with Gasteiger partial charge in [-0.15, -0.1) is 0 Å². The Morgan fingerprint density at radius 1 is 1.13 bits per heavy atom. The second-order valence-corrected chi connectivity index (χ2v) is 4.23. The van der Waals surface area contributed by atoms with Crippen LogP contribution in [0.4, 0.5) is 0 Å². The van der Waals surface area contributed by atoms with Gasteiger partial charge < -0.3 is 10.8 Å². The minimum absolute atomic E-state index is 0.224. The summed E-state index contributed by atoms with van der Waals surface area (Å²) >= 11 is 0. The molecule has 2 unspecified atom stereocenters. The monoisotopic (exact) mass is 199 g/mol. The second-order valence-electron chi connectivity index (χ2n) is 4.23. The maximum absolute atomic E-state index is 9.88. The van der Waals surface area contributed by atoms with E-state index in [0.29, 0.717) is 11.7 Å². The van der Waals surface area contributed by atoms with Crippen molar-refractivity contribution < 1.29 is 5.11 Å². The van der Waals surface area contributed by atoms with Gasteiger partial charge in [-0.3, -0.25) is 0 Å². The summed E-state index contributed by atoms with van der Waals surface area (Å²) in [5.41, 5.74) is 6.88. The van der Waals surface area contributed by atoms with Gasteiger partial charge >= 0.3 is 0 Å². The number of fused-ring (bicyclic) bond motifs is 1. The van der Waals surface area contributed by atoms with E-state index >= 15 is 0 Å². The van der Waals surface area contributed by atoms with Crippen LogP contribution in [-0.4, -0.2) is 11.1 Å². The van der Waals surface area contributed by atoms with Crippen molar-refractivity contribution in [3.63, 3.8) is 0 Å². The molecule has 15 heavy (non-hydrogen) atoms. The minimum atomic E-state index is 0.224. The predicted octanol–water partition coefficient (Wildman–Crippen LogP) is 2.36. The molecule has 2 aromatic carbocycles. The number of phenolic OH excluding ortho intramolecular Hbond substituents is 1. The molecule has 1 saturated carbocycles. The van der Waals surface area contributed by atoms with Gasteiger partial charge in [-0.25, -0.2) is 0 Å². The Morgan fingerprint density at radius 2 is 1.87 bits per heavy atom. The van der Waals surface area contributed by atoms with Gasteiger partial charge in [0.25, 0.3) is 0 Å². The fourth-order valence-corrected chi connectivity index (χ4v) is 2.22. The zero-order valence-corrected chi connectivity index (χ0v) is 8.35. The van der Waals surface area contributed by atoms with Gasteiger partial charge in [0.2, 0.25) is 0 Å². The third kappa shape index (κ3) is 1.29. The summed E-state index contributed by atoms with van der Waals surface area (Å²) in [4.78, 5) is 0. The fourth-order valence-electron chi connectivity index (χ4n) is 2.22. The highest BCUT2D eigenvalue weighted by atomic mass is 16.3. The highest BCUT2D eigenvalue weighted by Crippen LogP contribution is 2.46. The normalized spacial score (nSPS) is 24.3. The van der Waals surface area contributed by atoms with Gasteiger partial charge in [0.05, 0.1) is 0 Å². The van der Waals surface area contributed by atoms with Crippen LogP contribution in [0.1, 0.15) is 17.9 Å². The number of phenols is 1. The molecule has 2 heteroatoms. The number of hydrogen-bond donors (Lipinski definition) is 2. The smallest absolute Gasteiger partial charge is 0.119 e. The summed E-state index contributed by atoms with van der Waals surface area (Å²) in [6, 6.07) is 12.1. The molecule has 0 radical (unpaired) electrons. The molecular weight excluding hydrogens is 186 g/mol. The zero-order valence-electron chi connectivity index (χ0n) is 8.35. The van der Waals surface area contributed by atoms with E-state index in [2.05, 4.69) is 12.1 Å². The molecule has 76 valence electrons. The Bertz CT molecular complexity index is 521. The molecular formula is C13H13NO. The molecule has 0 heterocycles. The van der Waals surface area contributed by atoms with Gasteiger partial charge in [0.15, 0.2) is 0 Å². The first-order chi connectivity index (χ1) is 7.27. The Hall–Kier alpha value is -1.54. The molecule has 1 aliphatic carbocycles. The number of rotatable bonds is 1. The number of nitrogens with two attached hydrogens (primary N) is 1. The van der Waals surface area contributed by atoms with E-state index in [-0.39, 0.29) is 6.04 Å². The van der Waals surface area contributed by atoms with E-state index < -0.39 is 0 Å². The molecule has 2 aromatic rings. The predicted molar refractivity (Wildman–Crippen MR) is 60.9 cm³/mol. The summed E-state index contributed by atoms with van der Waals surface area (Å²) in [7, 11) is 0. The maximum Gasteiger partial charge on any atom is 0.119 e. The largest absolute Gasteiger partial charge is 0.508 e. The van der Waals surface area contributed by atoms with Crippen LogP contribution in [0.15, 0.2) is 36.4 Å². The lowest BCUT2D eigenvalue weighted by Gasteiger charge is -2.07. The first-order valence-corrected chi connectivity index (χ1v) is 5.23. The maximum atomic E-state index is 9.88. The van der Waals surface area contributed by atoms with Crippen molar-refractivity contribution in [3.05, 3.63) is 42.0 Å². The first kappa shape index (κ1) is 8.74. The van der Waals surface area contributed by atoms with E-state index in [1.54, 1.807) is 6.07 Å². The van der Waals surface area contributed by atoms with Crippen molar-refractivity contribution in [2.45, 2.75) is 18.4 Å². The van der Waals surface area contributed by atoms with Crippen LogP contribution in [0, 0.1) is 0 Å². The third-order valence-electron chi connectivity index (χ3n) is 3.16. The van der Waals surface area contributed by atoms with Crippen LogP contribution < -0.4 is 5.73 Å². The van der Waals surface area contributed by atoms with E-state index in [1.807, 2.05) is 18.2 Å². The van der Waals surface area contributed by atoms with Crippen LogP contribution >= 0.6 is 0 Å². The average molecular weight is 199 g/mol. The van der Waals surface area contributed by atoms with Gasteiger partial charge in [-0.2, -0.15) is 0 Å². The molecule has 0 saturated heterocycles. The second kappa shape index (κ2) is 2.97. The highest BCUT2D eigenvalue weighted by Gasteiger charge is 2.37. The van der Waals surface area contributed by atoms with E-state index in [0.717, 1.165) is 17.4 Å². The van der Waals surface area contributed by atoms with E-state index in [9.17, 15) is 5.11 Å². The summed E-state index contributed by atoms with van der Waals surface area (Å²) in [6.07, 6.45) is 0.988. The fraction of sp³-hybridized carbons (Fsp3) is 0.231. The van der Waals surface area contributed by atoms with Gasteiger partial charge in [0.1, 0.15) is 5.75 Å². The van der Waals surface area contributed by atoms with E-state index in [4.69, 9.17) is 5.73 Å². The van der Waals surface area contributed by atoms with Crippen molar-refractivity contribution in [2.75, 3.05) is 0 Å². The van der Waals surface area contributed by atoms with Crippen molar-refractivity contribution in [2.24, 2.45) is 5.73 Å². The van der Waals surface area contributed by atoms with Crippen LogP contribution in [0.3, 0.4) is 0 Å². The molecule has 0 spiro atoms. The molecule has 0 bridgehead atoms. The van der Waals surface area contributed by atoms with Crippen molar-refractivity contribution in [1.82, 2.24) is 0 Å². The molecule has 1 aliphatic rings. The standard InChI is InChI=1S/C13H13NO/c14-11-7-10(11)13-9-4-2-1-3-8(9)5-6-12(13)15/h1-6,10-11,15H,7,14H2. The first-order valence-electron chi connectivity index (χ1n) is 5.23. The van der Waals surface area contributed by atoms with Gasteiger partial charge in [-0.1, -0.05) is 30.3 Å². The lowest BCUT2D eigenvalue weighted by Crippen LogP contribution is -2.01. The number of benzene rings is 2. The van der Waals surface area contributed by atoms with E-state index in [1.165, 1.54) is 5.39 Å². The summed E-state index contributed by atoms with van der Waals surface area (Å²) in [5.74, 6) is 0.725. The molecule has 0 aliphatic heterocycles. The van der Waals surface area contributed by atoms with Crippen molar-refractivity contribution in [1.29, 1.82) is 0 Å². The molecule has 3 rings (SSSR count).